The molecule has 36 heavy (non-hydrogen) atoms. The van der Waals surface area contributed by atoms with Gasteiger partial charge in [-0.3, -0.25) is 4.79 Å². The molecule has 2 heterocycles. The Morgan fingerprint density at radius 3 is 2.44 bits per heavy atom. The largest absolute Gasteiger partial charge is 0.385 e. The molecule has 7 nitrogen and oxygen atoms in total. The van der Waals surface area contributed by atoms with Gasteiger partial charge in [0, 0.05) is 25.8 Å². The summed E-state index contributed by atoms with van der Waals surface area (Å²) in [5, 5.41) is 18.7. The average Bonchev–Trinajstić information content (AvgIpc) is 2.85. The van der Waals surface area contributed by atoms with E-state index < -0.39 is 35.2 Å². The Bertz CT molecular complexity index is 1120. The standard InChI is InChI=1S/C25H27F3N4O3.ClH/c26-18-5-3-17(4-6-18)25(35)8-12-32(13-9-25)11-1-10-29-23(33)19-15-30-24(34)31-22(19)16-2-7-20(27)21(28)14-16;/h2-7,14-15,22,35H,1,8-13H2,(H,29,33)(H2,30,31,34);1H. The minimum absolute atomic E-state index is 0. The fraction of sp³-hybridized carbons (Fsp3) is 0.360. The van der Waals surface area contributed by atoms with Crippen LogP contribution < -0.4 is 16.0 Å². The Morgan fingerprint density at radius 2 is 1.78 bits per heavy atom. The van der Waals surface area contributed by atoms with Crippen LogP contribution in [-0.2, 0) is 10.4 Å². The number of benzene rings is 2. The first-order valence-corrected chi connectivity index (χ1v) is 11.5. The molecule has 0 saturated carbocycles. The lowest BCUT2D eigenvalue weighted by atomic mass is 9.84. The van der Waals surface area contributed by atoms with Gasteiger partial charge in [0.2, 0.25) is 0 Å². The lowest BCUT2D eigenvalue weighted by Crippen LogP contribution is -2.45. The summed E-state index contributed by atoms with van der Waals surface area (Å²) in [5.41, 5.74) is 0.168. The molecule has 0 aliphatic carbocycles. The highest BCUT2D eigenvalue weighted by Crippen LogP contribution is 2.33. The van der Waals surface area contributed by atoms with Crippen LogP contribution in [0.3, 0.4) is 0 Å². The van der Waals surface area contributed by atoms with E-state index in [1.807, 2.05) is 0 Å². The van der Waals surface area contributed by atoms with Gasteiger partial charge in [0.15, 0.2) is 11.6 Å². The number of carbonyl (C=O) groups is 2. The van der Waals surface area contributed by atoms with Crippen molar-refractivity contribution < 1.29 is 27.9 Å². The van der Waals surface area contributed by atoms with Gasteiger partial charge in [-0.1, -0.05) is 18.2 Å². The summed E-state index contributed by atoms with van der Waals surface area (Å²) < 4.78 is 40.2. The predicted octanol–water partition coefficient (Wildman–Crippen LogP) is 3.25. The van der Waals surface area contributed by atoms with Crippen LogP contribution in [0.4, 0.5) is 18.0 Å². The van der Waals surface area contributed by atoms with Gasteiger partial charge in [0.1, 0.15) is 5.82 Å². The summed E-state index contributed by atoms with van der Waals surface area (Å²) in [4.78, 5) is 26.7. The molecule has 0 aromatic heterocycles. The number of hydrogen-bond donors (Lipinski definition) is 4. The maximum Gasteiger partial charge on any atom is 0.319 e. The van der Waals surface area contributed by atoms with E-state index in [9.17, 15) is 27.9 Å². The molecule has 2 aromatic carbocycles. The van der Waals surface area contributed by atoms with Crippen molar-refractivity contribution in [3.8, 4) is 0 Å². The van der Waals surface area contributed by atoms with Gasteiger partial charge >= 0.3 is 6.03 Å². The molecule has 194 valence electrons. The zero-order valence-electron chi connectivity index (χ0n) is 19.4. The number of piperidine rings is 1. The molecular weight excluding hydrogens is 497 g/mol. The van der Waals surface area contributed by atoms with Crippen molar-refractivity contribution in [3.63, 3.8) is 0 Å². The number of amides is 3. The Balaban J connectivity index is 0.00000361. The number of nitrogens with one attached hydrogen (secondary N) is 3. The number of urea groups is 1. The van der Waals surface area contributed by atoms with E-state index >= 15 is 0 Å². The molecule has 4 rings (SSSR count). The molecule has 1 atom stereocenters. The second kappa shape index (κ2) is 11.8. The zero-order chi connectivity index (χ0) is 25.0. The molecule has 2 aromatic rings. The Kier molecular flexibility index (Phi) is 8.99. The van der Waals surface area contributed by atoms with Crippen molar-refractivity contribution in [1.29, 1.82) is 0 Å². The predicted molar refractivity (Wildman–Crippen MR) is 130 cm³/mol. The van der Waals surface area contributed by atoms with E-state index in [0.29, 0.717) is 51.0 Å². The van der Waals surface area contributed by atoms with Crippen LogP contribution >= 0.6 is 12.4 Å². The number of hydrogen-bond acceptors (Lipinski definition) is 4. The number of nitrogens with zero attached hydrogens (tertiary/aromatic N) is 1. The first-order valence-electron chi connectivity index (χ1n) is 11.5. The van der Waals surface area contributed by atoms with E-state index in [2.05, 4.69) is 20.9 Å². The molecule has 0 radical (unpaired) electrons. The number of halogens is 4. The molecule has 1 saturated heterocycles. The van der Waals surface area contributed by atoms with Crippen molar-refractivity contribution in [2.75, 3.05) is 26.2 Å². The van der Waals surface area contributed by atoms with Crippen LogP contribution in [0.5, 0.6) is 0 Å². The lowest BCUT2D eigenvalue weighted by molar-refractivity contribution is -0.117. The molecule has 0 spiro atoms. The first kappa shape index (κ1) is 27.5. The normalized spacial score (nSPS) is 19.4. The van der Waals surface area contributed by atoms with Crippen molar-refractivity contribution >= 4 is 24.3 Å². The highest BCUT2D eigenvalue weighted by Gasteiger charge is 2.34. The van der Waals surface area contributed by atoms with Gasteiger partial charge in [0.05, 0.1) is 17.2 Å². The Labute approximate surface area is 213 Å². The van der Waals surface area contributed by atoms with E-state index in [1.54, 1.807) is 12.1 Å². The molecule has 1 fully saturated rings. The van der Waals surface area contributed by atoms with E-state index in [4.69, 9.17) is 0 Å². The van der Waals surface area contributed by atoms with E-state index in [-0.39, 0.29) is 29.4 Å². The highest BCUT2D eigenvalue weighted by molar-refractivity contribution is 5.97. The van der Waals surface area contributed by atoms with Crippen LogP contribution in [0.15, 0.2) is 54.2 Å². The van der Waals surface area contributed by atoms with Crippen LogP contribution in [0.25, 0.3) is 0 Å². The van der Waals surface area contributed by atoms with Gasteiger partial charge in [-0.15, -0.1) is 12.4 Å². The Hall–Kier alpha value is -3.08. The topological polar surface area (TPSA) is 93.7 Å². The highest BCUT2D eigenvalue weighted by atomic mass is 35.5. The van der Waals surface area contributed by atoms with Gasteiger partial charge in [-0.05, 0) is 61.2 Å². The van der Waals surface area contributed by atoms with Gasteiger partial charge < -0.3 is 26.0 Å². The second-order valence-electron chi connectivity index (χ2n) is 8.81. The summed E-state index contributed by atoms with van der Waals surface area (Å²) in [5.74, 6) is -2.85. The number of rotatable bonds is 7. The first-order chi connectivity index (χ1) is 16.7. The monoisotopic (exact) mass is 524 g/mol. The quantitative estimate of drug-likeness (QED) is 0.418. The Morgan fingerprint density at radius 1 is 1.08 bits per heavy atom. The summed E-state index contributed by atoms with van der Waals surface area (Å²) in [6.07, 6.45) is 2.98. The van der Waals surface area contributed by atoms with Gasteiger partial charge in [0.25, 0.3) is 5.91 Å². The summed E-state index contributed by atoms with van der Waals surface area (Å²) in [6, 6.07) is 7.69. The molecule has 2 aliphatic heterocycles. The minimum atomic E-state index is -1.07. The van der Waals surface area contributed by atoms with Crippen LogP contribution in [0.1, 0.15) is 36.4 Å². The molecule has 2 aliphatic rings. The van der Waals surface area contributed by atoms with E-state index in [0.717, 1.165) is 12.1 Å². The third kappa shape index (κ3) is 6.37. The van der Waals surface area contributed by atoms with Gasteiger partial charge in [-0.2, -0.15) is 0 Å². The fourth-order valence-electron chi connectivity index (χ4n) is 4.43. The number of likely N-dealkylation sites (tertiary alicyclic amines) is 1. The van der Waals surface area contributed by atoms with Crippen molar-refractivity contribution in [3.05, 3.63) is 82.8 Å². The maximum absolute atomic E-state index is 13.7. The molecule has 3 amide bonds. The molecule has 1 unspecified atom stereocenters. The summed E-state index contributed by atoms with van der Waals surface area (Å²) in [6.45, 7) is 2.41. The smallest absolute Gasteiger partial charge is 0.319 e. The van der Waals surface area contributed by atoms with Crippen LogP contribution in [0, 0.1) is 17.5 Å². The van der Waals surface area contributed by atoms with E-state index in [1.165, 1.54) is 24.4 Å². The van der Waals surface area contributed by atoms with Crippen molar-refractivity contribution in [2.24, 2.45) is 0 Å². The second-order valence-corrected chi connectivity index (χ2v) is 8.81. The molecule has 11 heteroatoms. The number of aliphatic hydroxyl groups is 1. The third-order valence-electron chi connectivity index (χ3n) is 6.49. The fourth-order valence-corrected chi connectivity index (χ4v) is 4.43. The summed E-state index contributed by atoms with van der Waals surface area (Å²) >= 11 is 0. The zero-order valence-corrected chi connectivity index (χ0v) is 20.2. The van der Waals surface area contributed by atoms with Crippen LogP contribution in [-0.4, -0.2) is 48.1 Å². The third-order valence-corrected chi connectivity index (χ3v) is 6.49. The van der Waals surface area contributed by atoms with Crippen molar-refractivity contribution in [1.82, 2.24) is 20.9 Å². The lowest BCUT2D eigenvalue weighted by Gasteiger charge is -2.38. The maximum atomic E-state index is 13.7. The molecule has 0 bridgehead atoms. The molecule has 4 N–H and O–H groups in total. The number of carbonyl (C=O) groups excluding carboxylic acids is 2. The molecular formula is C25H28ClF3N4O3. The average molecular weight is 525 g/mol. The van der Waals surface area contributed by atoms with Crippen molar-refractivity contribution in [2.45, 2.75) is 30.9 Å². The summed E-state index contributed by atoms with van der Waals surface area (Å²) in [7, 11) is 0. The SMILES string of the molecule is Cl.O=C1NC=C(C(=O)NCCCN2CCC(O)(c3ccc(F)cc3)CC2)C(c2ccc(F)c(F)c2)N1. The van der Waals surface area contributed by atoms with Gasteiger partial charge in [-0.25, -0.2) is 18.0 Å². The minimum Gasteiger partial charge on any atom is -0.385 e. The van der Waals surface area contributed by atoms with Crippen LogP contribution in [0.2, 0.25) is 0 Å².